The number of aliphatic imine (C=N–C) groups is 2. The predicted octanol–water partition coefficient (Wildman–Crippen LogP) is 4.23. The number of guanidine groups is 1. The van der Waals surface area contributed by atoms with Gasteiger partial charge < -0.3 is 16.0 Å². The first-order valence-electron chi connectivity index (χ1n) is 12.6. The number of piperidine rings is 1. The average Bonchev–Trinajstić information content (AvgIpc) is 3.25. The summed E-state index contributed by atoms with van der Waals surface area (Å²) in [6.45, 7) is 9.72. The highest BCUT2D eigenvalue weighted by Crippen LogP contribution is 2.31. The summed E-state index contributed by atoms with van der Waals surface area (Å²) >= 11 is 0. The molecule has 0 radical (unpaired) electrons. The zero-order valence-corrected chi connectivity index (χ0v) is 20.6. The first-order chi connectivity index (χ1) is 16.5. The first-order valence-corrected chi connectivity index (χ1v) is 12.6. The average molecular weight is 457 g/mol. The molecule has 3 heterocycles. The van der Waals surface area contributed by atoms with E-state index in [-0.39, 0.29) is 6.04 Å². The van der Waals surface area contributed by atoms with E-state index >= 15 is 0 Å². The topological polar surface area (TPSA) is 78.9 Å². The number of rotatable bonds is 6. The minimum Gasteiger partial charge on any atom is -0.351 e. The van der Waals surface area contributed by atoms with E-state index in [0.717, 1.165) is 68.2 Å². The Kier molecular flexibility index (Phi) is 6.61. The maximum absolute atomic E-state index is 6.27. The number of hydrogen-bond acceptors (Lipinski definition) is 6. The second-order valence-electron chi connectivity index (χ2n) is 10.2. The van der Waals surface area contributed by atoms with Crippen molar-refractivity contribution >= 4 is 22.6 Å². The summed E-state index contributed by atoms with van der Waals surface area (Å²) < 4.78 is 0. The quantitative estimate of drug-likeness (QED) is 0.682. The number of pyridine rings is 1. The van der Waals surface area contributed by atoms with Crippen LogP contribution in [0.5, 0.6) is 0 Å². The van der Waals surface area contributed by atoms with E-state index in [4.69, 9.17) is 15.7 Å². The second-order valence-corrected chi connectivity index (χ2v) is 10.2. The Bertz CT molecular complexity index is 1180. The third-order valence-electron chi connectivity index (χ3n) is 7.45. The molecule has 1 aliphatic carbocycles. The standard InChI is InChI=1S/C28H36N6/c1-18(2)24(29)17-34-14-11-23(12-15-34)31-28-32-25-10-9-21(19(3)26(25)33-28)16-22-7-4-6-20-8-5-13-30-27(20)22/h4-9,13,18,23-24H,10-12,14-17,29H2,1-3H3,(H,31,33). The molecule has 178 valence electrons. The molecule has 1 saturated heterocycles. The highest BCUT2D eigenvalue weighted by molar-refractivity contribution is 6.14. The van der Waals surface area contributed by atoms with Gasteiger partial charge in [-0.25, -0.2) is 9.98 Å². The number of hydrogen-bond donors (Lipinski definition) is 2. The lowest BCUT2D eigenvalue weighted by atomic mass is 9.90. The van der Waals surface area contributed by atoms with Gasteiger partial charge in [-0.05, 0) is 54.9 Å². The van der Waals surface area contributed by atoms with Crippen LogP contribution < -0.4 is 11.1 Å². The van der Waals surface area contributed by atoms with E-state index in [1.54, 1.807) is 0 Å². The van der Waals surface area contributed by atoms with Crippen molar-refractivity contribution < 1.29 is 0 Å². The number of para-hydroxylation sites is 1. The molecule has 0 saturated carbocycles. The van der Waals surface area contributed by atoms with Crippen LogP contribution >= 0.6 is 0 Å². The lowest BCUT2D eigenvalue weighted by Gasteiger charge is -2.34. The maximum Gasteiger partial charge on any atom is 0.223 e. The Balaban J connectivity index is 1.23. The number of fused-ring (bicyclic) bond motifs is 2. The molecule has 1 atom stereocenters. The van der Waals surface area contributed by atoms with Crippen molar-refractivity contribution in [2.45, 2.75) is 58.5 Å². The molecule has 5 rings (SSSR count). The Morgan fingerprint density at radius 2 is 1.91 bits per heavy atom. The van der Waals surface area contributed by atoms with Crippen LogP contribution in [-0.4, -0.2) is 53.3 Å². The van der Waals surface area contributed by atoms with Gasteiger partial charge in [-0.2, -0.15) is 0 Å². The summed E-state index contributed by atoms with van der Waals surface area (Å²) in [7, 11) is 0. The van der Waals surface area contributed by atoms with E-state index in [9.17, 15) is 0 Å². The smallest absolute Gasteiger partial charge is 0.223 e. The molecular weight excluding hydrogens is 420 g/mol. The lowest BCUT2D eigenvalue weighted by Crippen LogP contribution is -2.48. The van der Waals surface area contributed by atoms with Crippen LogP contribution in [0.3, 0.4) is 0 Å². The fraction of sp³-hybridized carbons (Fsp3) is 0.464. The summed E-state index contributed by atoms with van der Waals surface area (Å²) in [4.78, 5) is 16.9. The minimum atomic E-state index is 0.250. The fourth-order valence-corrected chi connectivity index (χ4v) is 5.08. The van der Waals surface area contributed by atoms with Crippen molar-refractivity contribution in [2.75, 3.05) is 19.6 Å². The summed E-state index contributed by atoms with van der Waals surface area (Å²) in [5, 5.41) is 4.80. The van der Waals surface area contributed by atoms with E-state index in [1.807, 2.05) is 12.3 Å². The highest BCUT2D eigenvalue weighted by Gasteiger charge is 2.27. The SMILES string of the molecule is CC1=C2N=C(NC3CCN(CC(N)C(C)C)CC3)N=C2CC=C1Cc1cccc2cccnc12. The van der Waals surface area contributed by atoms with E-state index in [2.05, 4.69) is 66.3 Å². The molecule has 3 aliphatic rings. The molecule has 6 heteroatoms. The summed E-state index contributed by atoms with van der Waals surface area (Å²) in [5.41, 5.74) is 13.3. The first kappa shape index (κ1) is 22.9. The second kappa shape index (κ2) is 9.80. The third-order valence-corrected chi connectivity index (χ3v) is 7.45. The van der Waals surface area contributed by atoms with Crippen molar-refractivity contribution in [1.29, 1.82) is 0 Å². The molecule has 1 fully saturated rings. The van der Waals surface area contributed by atoms with Crippen LogP contribution in [0.2, 0.25) is 0 Å². The summed E-state index contributed by atoms with van der Waals surface area (Å²) in [6.07, 6.45) is 8.09. The molecule has 3 N–H and O–H groups in total. The van der Waals surface area contributed by atoms with Crippen molar-refractivity contribution in [2.24, 2.45) is 21.6 Å². The Hall–Kier alpha value is -2.83. The van der Waals surface area contributed by atoms with E-state index in [0.29, 0.717) is 12.0 Å². The number of aromatic nitrogens is 1. The van der Waals surface area contributed by atoms with Crippen LogP contribution in [-0.2, 0) is 6.42 Å². The van der Waals surface area contributed by atoms with Gasteiger partial charge in [0.05, 0.1) is 16.9 Å². The molecule has 2 aliphatic heterocycles. The molecule has 34 heavy (non-hydrogen) atoms. The molecule has 1 unspecified atom stereocenters. The number of nitrogens with one attached hydrogen (secondary N) is 1. The van der Waals surface area contributed by atoms with Crippen molar-refractivity contribution in [3.63, 3.8) is 0 Å². The van der Waals surface area contributed by atoms with Gasteiger partial charge in [0.2, 0.25) is 5.96 Å². The van der Waals surface area contributed by atoms with Gasteiger partial charge in [-0.3, -0.25) is 4.98 Å². The summed E-state index contributed by atoms with van der Waals surface area (Å²) in [6, 6.07) is 11.2. The molecule has 0 spiro atoms. The summed E-state index contributed by atoms with van der Waals surface area (Å²) in [5.74, 6) is 1.30. The number of benzene rings is 1. The molecular formula is C28H36N6. The van der Waals surface area contributed by atoms with Gasteiger partial charge in [0.15, 0.2) is 0 Å². The zero-order chi connectivity index (χ0) is 23.7. The van der Waals surface area contributed by atoms with Crippen LogP contribution in [0.25, 0.3) is 10.9 Å². The molecule has 6 nitrogen and oxygen atoms in total. The van der Waals surface area contributed by atoms with Gasteiger partial charge in [-0.15, -0.1) is 0 Å². The van der Waals surface area contributed by atoms with Gasteiger partial charge in [-0.1, -0.05) is 44.2 Å². The largest absolute Gasteiger partial charge is 0.351 e. The van der Waals surface area contributed by atoms with Crippen molar-refractivity contribution in [1.82, 2.24) is 15.2 Å². The lowest BCUT2D eigenvalue weighted by molar-refractivity contribution is 0.184. The van der Waals surface area contributed by atoms with Gasteiger partial charge in [0, 0.05) is 49.7 Å². The highest BCUT2D eigenvalue weighted by atomic mass is 15.2. The zero-order valence-electron chi connectivity index (χ0n) is 20.6. The fourth-order valence-electron chi connectivity index (χ4n) is 5.08. The third kappa shape index (κ3) is 4.84. The Labute approximate surface area is 202 Å². The van der Waals surface area contributed by atoms with Crippen LogP contribution in [0.1, 0.15) is 45.6 Å². The van der Waals surface area contributed by atoms with Crippen LogP contribution in [0.4, 0.5) is 0 Å². The molecule has 0 bridgehead atoms. The minimum absolute atomic E-state index is 0.250. The Morgan fingerprint density at radius 3 is 2.71 bits per heavy atom. The van der Waals surface area contributed by atoms with Gasteiger partial charge >= 0.3 is 0 Å². The number of nitrogens with zero attached hydrogens (tertiary/aromatic N) is 4. The van der Waals surface area contributed by atoms with Crippen LogP contribution in [0, 0.1) is 5.92 Å². The van der Waals surface area contributed by atoms with Gasteiger partial charge in [0.1, 0.15) is 0 Å². The number of likely N-dealkylation sites (tertiary alicyclic amines) is 1. The molecule has 0 amide bonds. The molecule has 1 aromatic carbocycles. The van der Waals surface area contributed by atoms with Gasteiger partial charge in [0.25, 0.3) is 0 Å². The monoisotopic (exact) mass is 456 g/mol. The normalized spacial score (nSPS) is 20.3. The van der Waals surface area contributed by atoms with E-state index < -0.39 is 0 Å². The van der Waals surface area contributed by atoms with Crippen LogP contribution in [0.15, 0.2) is 69.4 Å². The number of allylic oxidation sites excluding steroid dienone is 4. The molecule has 1 aromatic heterocycles. The molecule has 2 aromatic rings. The predicted molar refractivity (Wildman–Crippen MR) is 141 cm³/mol. The Morgan fingerprint density at radius 1 is 1.12 bits per heavy atom. The maximum atomic E-state index is 6.27. The van der Waals surface area contributed by atoms with Crippen molar-refractivity contribution in [3.05, 3.63) is 65.0 Å². The number of nitrogens with two attached hydrogens (primary N) is 1. The van der Waals surface area contributed by atoms with Crippen molar-refractivity contribution in [3.8, 4) is 0 Å². The van der Waals surface area contributed by atoms with E-state index in [1.165, 1.54) is 22.1 Å².